The van der Waals surface area contributed by atoms with E-state index < -0.39 is 0 Å². The number of hydrogen-bond donors (Lipinski definition) is 0. The lowest BCUT2D eigenvalue weighted by atomic mass is 9.94. The van der Waals surface area contributed by atoms with E-state index in [2.05, 4.69) is 21.8 Å². The van der Waals surface area contributed by atoms with Gasteiger partial charge in [-0.3, -0.25) is 4.79 Å². The number of nitrogens with zero attached hydrogens (tertiary/aromatic N) is 2. The Hall–Kier alpha value is -1.99. The number of thiazole rings is 1. The first kappa shape index (κ1) is 11.1. The molecular weight excluding hydrogens is 244 g/mol. The molecule has 0 saturated carbocycles. The minimum atomic E-state index is 0.197. The van der Waals surface area contributed by atoms with E-state index in [4.69, 9.17) is 0 Å². The molecule has 1 aliphatic rings. The van der Waals surface area contributed by atoms with Crippen LogP contribution in [0.15, 0.2) is 23.7 Å². The van der Waals surface area contributed by atoms with E-state index in [1.807, 2.05) is 17.5 Å². The van der Waals surface area contributed by atoms with Crippen molar-refractivity contribution < 1.29 is 4.79 Å². The summed E-state index contributed by atoms with van der Waals surface area (Å²) >= 11 is 1.50. The number of aryl methyl sites for hydroxylation is 1. The van der Waals surface area contributed by atoms with Gasteiger partial charge in [-0.1, -0.05) is 0 Å². The molecule has 18 heavy (non-hydrogen) atoms. The number of hydrogen-bond acceptors (Lipinski definition) is 4. The third-order valence-electron chi connectivity index (χ3n) is 2.82. The van der Waals surface area contributed by atoms with Gasteiger partial charge < -0.3 is 0 Å². The molecule has 2 heterocycles. The summed E-state index contributed by atoms with van der Waals surface area (Å²) in [6.07, 6.45) is 4.13. The van der Waals surface area contributed by atoms with Crippen LogP contribution in [-0.4, -0.2) is 15.8 Å². The van der Waals surface area contributed by atoms with Crippen LogP contribution in [0.2, 0.25) is 0 Å². The molecule has 0 bridgehead atoms. The van der Waals surface area contributed by atoms with Crippen LogP contribution in [0.3, 0.4) is 0 Å². The van der Waals surface area contributed by atoms with Gasteiger partial charge in [0.05, 0.1) is 5.69 Å². The molecule has 0 amide bonds. The van der Waals surface area contributed by atoms with Crippen molar-refractivity contribution in [1.29, 1.82) is 0 Å². The first-order valence-electron chi connectivity index (χ1n) is 5.77. The summed E-state index contributed by atoms with van der Waals surface area (Å²) in [5, 5.41) is 2.67. The number of rotatable bonds is 0. The van der Waals surface area contributed by atoms with Crippen molar-refractivity contribution in [2.24, 2.45) is 0 Å². The first-order valence-corrected chi connectivity index (χ1v) is 6.65. The minimum Gasteiger partial charge on any atom is -0.294 e. The number of pyridine rings is 1. The Labute approximate surface area is 109 Å². The summed E-state index contributed by atoms with van der Waals surface area (Å²) in [4.78, 5) is 20.2. The molecule has 3 nitrogen and oxygen atoms in total. The van der Waals surface area contributed by atoms with Crippen molar-refractivity contribution in [3.63, 3.8) is 0 Å². The fourth-order valence-corrected chi connectivity index (χ4v) is 2.45. The molecule has 3 rings (SSSR count). The Morgan fingerprint density at radius 2 is 2.17 bits per heavy atom. The van der Waals surface area contributed by atoms with Crippen LogP contribution in [0.1, 0.15) is 39.6 Å². The van der Waals surface area contributed by atoms with Crippen molar-refractivity contribution in [2.75, 3.05) is 0 Å². The molecule has 2 aromatic rings. The Balaban J connectivity index is 1.93. The molecule has 0 saturated heterocycles. The lowest BCUT2D eigenvalue weighted by molar-refractivity contribution is 0.0971. The Kier molecular flexibility index (Phi) is 2.91. The molecule has 0 N–H and O–H groups in total. The summed E-state index contributed by atoms with van der Waals surface area (Å²) in [5.41, 5.74) is 2.36. The standard InChI is InChI=1S/C14H10N2OS/c17-13-3-1-2-12-11(13)6-4-10(16-12)5-7-14-15-8-9-18-14/h4,6,8-9H,1-3H2. The normalized spacial score (nSPS) is 13.7. The first-order chi connectivity index (χ1) is 8.83. The van der Waals surface area contributed by atoms with Crippen LogP contribution in [0.5, 0.6) is 0 Å². The van der Waals surface area contributed by atoms with Crippen LogP contribution in [0, 0.1) is 11.8 Å². The predicted octanol–water partition coefficient (Wildman–Crippen LogP) is 2.46. The highest BCUT2D eigenvalue weighted by atomic mass is 32.1. The summed E-state index contributed by atoms with van der Waals surface area (Å²) in [6.45, 7) is 0. The summed E-state index contributed by atoms with van der Waals surface area (Å²) in [6, 6.07) is 3.65. The number of fused-ring (bicyclic) bond motifs is 1. The molecule has 0 atom stereocenters. The molecule has 0 aromatic carbocycles. The molecule has 88 valence electrons. The van der Waals surface area contributed by atoms with Gasteiger partial charge in [0.25, 0.3) is 0 Å². The molecule has 0 aliphatic heterocycles. The molecule has 1 aliphatic carbocycles. The molecule has 4 heteroatoms. The van der Waals surface area contributed by atoms with Gasteiger partial charge in [-0.05, 0) is 36.8 Å². The zero-order chi connectivity index (χ0) is 12.4. The highest BCUT2D eigenvalue weighted by molar-refractivity contribution is 7.10. The highest BCUT2D eigenvalue weighted by Crippen LogP contribution is 2.19. The minimum absolute atomic E-state index is 0.197. The van der Waals surface area contributed by atoms with E-state index in [-0.39, 0.29) is 5.78 Å². The van der Waals surface area contributed by atoms with Crippen LogP contribution < -0.4 is 0 Å². The lowest BCUT2D eigenvalue weighted by Gasteiger charge is -2.12. The maximum absolute atomic E-state index is 11.7. The quantitative estimate of drug-likeness (QED) is 0.678. The molecule has 0 spiro atoms. The Morgan fingerprint density at radius 3 is 3.00 bits per heavy atom. The second-order valence-electron chi connectivity index (χ2n) is 4.05. The van der Waals surface area contributed by atoms with Crippen LogP contribution >= 0.6 is 11.3 Å². The van der Waals surface area contributed by atoms with Gasteiger partial charge in [-0.15, -0.1) is 11.3 Å². The van der Waals surface area contributed by atoms with E-state index in [9.17, 15) is 4.79 Å². The summed E-state index contributed by atoms with van der Waals surface area (Å²) in [7, 11) is 0. The molecule has 0 unspecified atom stereocenters. The molecule has 2 aromatic heterocycles. The second kappa shape index (κ2) is 4.71. The van der Waals surface area contributed by atoms with E-state index in [0.717, 1.165) is 29.1 Å². The van der Waals surface area contributed by atoms with Crippen molar-refractivity contribution in [3.05, 3.63) is 45.7 Å². The Bertz CT molecular complexity index is 650. The van der Waals surface area contributed by atoms with E-state index in [1.54, 1.807) is 6.20 Å². The molecule has 0 radical (unpaired) electrons. The number of aromatic nitrogens is 2. The van der Waals surface area contributed by atoms with Gasteiger partial charge in [0.2, 0.25) is 0 Å². The SMILES string of the molecule is O=C1CCCc2nc(C#Cc3nccs3)ccc21. The van der Waals surface area contributed by atoms with Crippen molar-refractivity contribution in [1.82, 2.24) is 9.97 Å². The fourth-order valence-electron chi connectivity index (χ4n) is 1.97. The molecular formula is C14H10N2OS. The Morgan fingerprint density at radius 1 is 1.22 bits per heavy atom. The molecule has 0 fully saturated rings. The predicted molar refractivity (Wildman–Crippen MR) is 69.6 cm³/mol. The largest absolute Gasteiger partial charge is 0.294 e. The number of carbonyl (C=O) groups is 1. The van der Waals surface area contributed by atoms with Crippen LogP contribution in [-0.2, 0) is 6.42 Å². The third kappa shape index (κ3) is 2.18. The van der Waals surface area contributed by atoms with E-state index in [0.29, 0.717) is 12.1 Å². The highest BCUT2D eigenvalue weighted by Gasteiger charge is 2.17. The zero-order valence-electron chi connectivity index (χ0n) is 9.64. The van der Waals surface area contributed by atoms with Gasteiger partial charge in [0, 0.05) is 23.6 Å². The maximum atomic E-state index is 11.7. The fraction of sp³-hybridized carbons (Fsp3) is 0.214. The maximum Gasteiger partial charge on any atom is 0.167 e. The zero-order valence-corrected chi connectivity index (χ0v) is 10.5. The second-order valence-corrected chi connectivity index (χ2v) is 4.95. The van der Waals surface area contributed by atoms with Crippen molar-refractivity contribution >= 4 is 17.1 Å². The van der Waals surface area contributed by atoms with Gasteiger partial charge in [0.15, 0.2) is 10.8 Å². The van der Waals surface area contributed by atoms with Crippen molar-refractivity contribution in [2.45, 2.75) is 19.3 Å². The van der Waals surface area contributed by atoms with E-state index in [1.165, 1.54) is 11.3 Å². The number of carbonyl (C=O) groups excluding carboxylic acids is 1. The summed E-state index contributed by atoms with van der Waals surface area (Å²) in [5.74, 6) is 6.15. The monoisotopic (exact) mass is 254 g/mol. The van der Waals surface area contributed by atoms with Gasteiger partial charge >= 0.3 is 0 Å². The topological polar surface area (TPSA) is 42.9 Å². The van der Waals surface area contributed by atoms with Crippen molar-refractivity contribution in [3.8, 4) is 11.8 Å². The average molecular weight is 254 g/mol. The number of Topliss-reactive ketones (excluding diaryl/α,β-unsaturated/α-hetero) is 1. The smallest absolute Gasteiger partial charge is 0.167 e. The van der Waals surface area contributed by atoms with Gasteiger partial charge in [-0.2, -0.15) is 0 Å². The van der Waals surface area contributed by atoms with Crippen LogP contribution in [0.25, 0.3) is 0 Å². The summed E-state index contributed by atoms with van der Waals surface area (Å²) < 4.78 is 0. The van der Waals surface area contributed by atoms with E-state index >= 15 is 0 Å². The average Bonchev–Trinajstić information content (AvgIpc) is 2.90. The third-order valence-corrected chi connectivity index (χ3v) is 3.51. The van der Waals surface area contributed by atoms with Crippen LogP contribution in [0.4, 0.5) is 0 Å². The lowest BCUT2D eigenvalue weighted by Crippen LogP contribution is -2.12. The number of ketones is 1. The van der Waals surface area contributed by atoms with Gasteiger partial charge in [-0.25, -0.2) is 9.97 Å². The van der Waals surface area contributed by atoms with Gasteiger partial charge in [0.1, 0.15) is 5.69 Å².